The zero-order valence-electron chi connectivity index (χ0n) is 14.0. The first-order chi connectivity index (χ1) is 11.5. The van der Waals surface area contributed by atoms with Gasteiger partial charge in [-0.25, -0.2) is 0 Å². The van der Waals surface area contributed by atoms with Crippen LogP contribution >= 0.6 is 0 Å². The molecule has 1 aromatic carbocycles. The molecule has 0 spiro atoms. The summed E-state index contributed by atoms with van der Waals surface area (Å²) in [5, 5.41) is 0. The molecule has 3 heterocycles. The Morgan fingerprint density at radius 2 is 2.17 bits per heavy atom. The van der Waals surface area contributed by atoms with Crippen LogP contribution < -0.4 is 9.47 Å². The first-order valence-electron chi connectivity index (χ1n) is 8.05. The number of hydrogen-bond acceptors (Lipinski definition) is 5. The van der Waals surface area contributed by atoms with E-state index in [-0.39, 0.29) is 11.5 Å². The number of rotatable bonds is 2. The third-order valence-electron chi connectivity index (χ3n) is 4.50. The summed E-state index contributed by atoms with van der Waals surface area (Å²) in [7, 11) is 0. The maximum absolute atomic E-state index is 12.8. The van der Waals surface area contributed by atoms with Gasteiger partial charge in [0.2, 0.25) is 5.78 Å². The third-order valence-corrected chi connectivity index (χ3v) is 4.50. The van der Waals surface area contributed by atoms with E-state index in [0.29, 0.717) is 36.4 Å². The van der Waals surface area contributed by atoms with Gasteiger partial charge in [-0.05, 0) is 44.5 Å². The van der Waals surface area contributed by atoms with E-state index in [0.717, 1.165) is 16.9 Å². The van der Waals surface area contributed by atoms with Gasteiger partial charge in [0.25, 0.3) is 0 Å². The second kappa shape index (κ2) is 5.53. The molecule has 0 fully saturated rings. The summed E-state index contributed by atoms with van der Waals surface area (Å²) < 4.78 is 17.1. The third kappa shape index (κ3) is 2.32. The van der Waals surface area contributed by atoms with Crippen LogP contribution in [0.2, 0.25) is 0 Å². The Kier molecular flexibility index (Phi) is 3.46. The summed E-state index contributed by atoms with van der Waals surface area (Å²) in [6.07, 6.45) is 3.21. The minimum atomic E-state index is -0.108. The molecule has 1 aromatic heterocycles. The van der Waals surface area contributed by atoms with Crippen molar-refractivity contribution in [2.24, 2.45) is 0 Å². The summed E-state index contributed by atoms with van der Waals surface area (Å²) in [5.41, 5.74) is 2.43. The quantitative estimate of drug-likeness (QED) is 0.787. The van der Waals surface area contributed by atoms with Crippen molar-refractivity contribution < 1.29 is 18.7 Å². The number of ketones is 1. The number of fused-ring (bicyclic) bond motifs is 3. The molecule has 0 N–H and O–H groups in total. The van der Waals surface area contributed by atoms with Crippen molar-refractivity contribution in [2.45, 2.75) is 33.4 Å². The number of ether oxygens (including phenoxy) is 2. The van der Waals surface area contributed by atoms with Crippen LogP contribution in [-0.4, -0.2) is 23.5 Å². The van der Waals surface area contributed by atoms with Crippen molar-refractivity contribution in [1.82, 2.24) is 4.90 Å². The molecule has 5 heteroatoms. The molecule has 4 rings (SSSR count). The second-order valence-corrected chi connectivity index (χ2v) is 6.44. The van der Waals surface area contributed by atoms with E-state index < -0.39 is 0 Å². The minimum absolute atomic E-state index is 0.108. The molecule has 2 aliphatic rings. The van der Waals surface area contributed by atoms with Gasteiger partial charge in [-0.3, -0.25) is 9.69 Å². The molecule has 2 aliphatic heterocycles. The number of carbonyl (C=O) groups is 1. The fraction of sp³-hybridized carbons (Fsp3) is 0.316. The van der Waals surface area contributed by atoms with Crippen molar-refractivity contribution in [3.05, 3.63) is 52.7 Å². The highest BCUT2D eigenvalue weighted by Gasteiger charge is 2.35. The molecule has 0 radical (unpaired) electrons. The van der Waals surface area contributed by atoms with Crippen molar-refractivity contribution in [3.63, 3.8) is 0 Å². The largest absolute Gasteiger partial charge is 0.478 e. The number of furan rings is 1. The van der Waals surface area contributed by atoms with Crippen LogP contribution in [-0.2, 0) is 6.54 Å². The van der Waals surface area contributed by atoms with Crippen LogP contribution in [0.3, 0.4) is 0 Å². The number of benzene rings is 1. The van der Waals surface area contributed by atoms with Crippen molar-refractivity contribution in [2.75, 3.05) is 6.73 Å². The van der Waals surface area contributed by atoms with E-state index in [1.54, 1.807) is 24.5 Å². The van der Waals surface area contributed by atoms with E-state index >= 15 is 0 Å². The highest BCUT2D eigenvalue weighted by atomic mass is 16.5. The lowest BCUT2D eigenvalue weighted by atomic mass is 9.98. The molecular formula is C19H19NO4. The van der Waals surface area contributed by atoms with Crippen LogP contribution in [0.15, 0.2) is 34.6 Å². The smallest absolute Gasteiger partial charge is 0.232 e. The Hall–Kier alpha value is -2.53. The van der Waals surface area contributed by atoms with Gasteiger partial charge in [0.15, 0.2) is 5.76 Å². The number of allylic oxidation sites excluding steroid dienone is 1. The van der Waals surface area contributed by atoms with E-state index in [1.165, 1.54) is 0 Å². The lowest BCUT2D eigenvalue weighted by Crippen LogP contribution is -2.37. The van der Waals surface area contributed by atoms with Crippen LogP contribution in [0.1, 0.15) is 41.1 Å². The SMILES string of the molecule is Cc1cc2c(c3c1C(=O)/C(=C/c1ccco1)O3)CN(C(C)C)CO2. The fourth-order valence-corrected chi connectivity index (χ4v) is 3.08. The number of carbonyl (C=O) groups excluding carboxylic acids is 1. The van der Waals surface area contributed by atoms with Gasteiger partial charge in [-0.2, -0.15) is 0 Å². The van der Waals surface area contributed by atoms with E-state index in [9.17, 15) is 4.79 Å². The Morgan fingerprint density at radius 3 is 2.88 bits per heavy atom. The van der Waals surface area contributed by atoms with Gasteiger partial charge in [0.05, 0.1) is 17.4 Å². The average Bonchev–Trinajstić information content (AvgIpc) is 3.17. The van der Waals surface area contributed by atoms with Crippen molar-refractivity contribution in [3.8, 4) is 11.5 Å². The second-order valence-electron chi connectivity index (χ2n) is 6.44. The lowest BCUT2D eigenvalue weighted by molar-refractivity contribution is 0.0673. The van der Waals surface area contributed by atoms with Crippen LogP contribution in [0.4, 0.5) is 0 Å². The monoisotopic (exact) mass is 325 g/mol. The Bertz CT molecular complexity index is 834. The number of aryl methyl sites for hydroxylation is 1. The Morgan fingerprint density at radius 1 is 1.33 bits per heavy atom. The Balaban J connectivity index is 1.78. The summed E-state index contributed by atoms with van der Waals surface area (Å²) in [5.74, 6) is 2.20. The zero-order chi connectivity index (χ0) is 16.8. The molecule has 0 amide bonds. The minimum Gasteiger partial charge on any atom is -0.478 e. The van der Waals surface area contributed by atoms with Gasteiger partial charge in [0.1, 0.15) is 24.0 Å². The van der Waals surface area contributed by atoms with Gasteiger partial charge in [0, 0.05) is 18.7 Å². The van der Waals surface area contributed by atoms with Gasteiger partial charge >= 0.3 is 0 Å². The van der Waals surface area contributed by atoms with Gasteiger partial charge in [-0.15, -0.1) is 0 Å². The van der Waals surface area contributed by atoms with Crippen molar-refractivity contribution >= 4 is 11.9 Å². The predicted molar refractivity (Wildman–Crippen MR) is 89.0 cm³/mol. The highest BCUT2D eigenvalue weighted by molar-refractivity contribution is 6.15. The predicted octanol–water partition coefficient (Wildman–Crippen LogP) is 3.76. The highest BCUT2D eigenvalue weighted by Crippen LogP contribution is 2.44. The number of hydrogen-bond donors (Lipinski definition) is 0. The molecule has 0 saturated heterocycles. The lowest BCUT2D eigenvalue weighted by Gasteiger charge is -2.32. The zero-order valence-corrected chi connectivity index (χ0v) is 14.0. The van der Waals surface area contributed by atoms with Crippen LogP contribution in [0, 0.1) is 6.92 Å². The van der Waals surface area contributed by atoms with Crippen LogP contribution in [0.25, 0.3) is 6.08 Å². The topological polar surface area (TPSA) is 51.9 Å². The molecule has 124 valence electrons. The number of nitrogens with zero attached hydrogens (tertiary/aromatic N) is 1. The van der Waals surface area contributed by atoms with E-state index in [1.807, 2.05) is 13.0 Å². The van der Waals surface area contributed by atoms with E-state index in [4.69, 9.17) is 13.9 Å². The standard InChI is InChI=1S/C19H19NO4/c1-11(2)20-9-14-15(23-10-20)7-12(3)17-18(21)16(24-19(14)17)8-13-5-4-6-22-13/h4-8,11H,9-10H2,1-3H3/b16-8-. The molecule has 0 unspecified atom stereocenters. The molecule has 0 atom stereocenters. The summed E-state index contributed by atoms with van der Waals surface area (Å²) in [6.45, 7) is 7.41. The molecule has 0 aliphatic carbocycles. The number of Topliss-reactive ketones (excluding diaryl/α,β-unsaturated/α-hetero) is 1. The van der Waals surface area contributed by atoms with Crippen LogP contribution in [0.5, 0.6) is 11.5 Å². The normalized spacial score (nSPS) is 18.5. The van der Waals surface area contributed by atoms with Gasteiger partial charge in [-0.1, -0.05) is 0 Å². The molecule has 0 bridgehead atoms. The summed E-state index contributed by atoms with van der Waals surface area (Å²) >= 11 is 0. The molecule has 5 nitrogen and oxygen atoms in total. The fourth-order valence-electron chi connectivity index (χ4n) is 3.08. The van der Waals surface area contributed by atoms with Crippen molar-refractivity contribution in [1.29, 1.82) is 0 Å². The summed E-state index contributed by atoms with van der Waals surface area (Å²) in [6, 6.07) is 5.85. The maximum atomic E-state index is 12.8. The first-order valence-corrected chi connectivity index (χ1v) is 8.05. The molecule has 2 aromatic rings. The molecular weight excluding hydrogens is 306 g/mol. The molecule has 24 heavy (non-hydrogen) atoms. The van der Waals surface area contributed by atoms with E-state index in [2.05, 4.69) is 18.7 Å². The molecule has 0 saturated carbocycles. The first kappa shape index (κ1) is 15.0. The maximum Gasteiger partial charge on any atom is 0.232 e. The Labute approximate surface area is 140 Å². The summed E-state index contributed by atoms with van der Waals surface area (Å²) in [4.78, 5) is 15.0. The van der Waals surface area contributed by atoms with Gasteiger partial charge < -0.3 is 13.9 Å². The average molecular weight is 325 g/mol.